The summed E-state index contributed by atoms with van der Waals surface area (Å²) in [6.07, 6.45) is 2.91. The highest BCUT2D eigenvalue weighted by molar-refractivity contribution is 5.04. The maximum Gasteiger partial charge on any atom is 0.0821 e. The lowest BCUT2D eigenvalue weighted by Gasteiger charge is -2.46. The van der Waals surface area contributed by atoms with Crippen LogP contribution in [0.15, 0.2) is 0 Å². The van der Waals surface area contributed by atoms with Gasteiger partial charge in [0.15, 0.2) is 0 Å². The average Bonchev–Trinajstić information content (AvgIpc) is 1.80. The van der Waals surface area contributed by atoms with Gasteiger partial charge in [0, 0.05) is 5.54 Å². The molecule has 3 nitrogen and oxygen atoms in total. The molecule has 0 spiro atoms. The normalized spacial score (nSPS) is 43.9. The van der Waals surface area contributed by atoms with Gasteiger partial charge in [0.2, 0.25) is 0 Å². The first-order chi connectivity index (χ1) is 4.85. The summed E-state index contributed by atoms with van der Waals surface area (Å²) in [5, 5.41) is 0. The fourth-order valence-corrected chi connectivity index (χ4v) is 1.69. The molecule has 11 heavy (non-hydrogen) atoms. The van der Waals surface area contributed by atoms with Gasteiger partial charge in [-0.3, -0.25) is 0 Å². The molecule has 0 aliphatic heterocycles. The van der Waals surface area contributed by atoms with Crippen molar-refractivity contribution in [3.63, 3.8) is 0 Å². The van der Waals surface area contributed by atoms with Gasteiger partial charge >= 0.3 is 0 Å². The molecule has 0 aromatic heterocycles. The van der Waals surface area contributed by atoms with Crippen molar-refractivity contribution in [3.05, 3.63) is 0 Å². The topological polar surface area (TPSA) is 78.1 Å². The summed E-state index contributed by atoms with van der Waals surface area (Å²) in [6.45, 7) is 4.11. The standard InChI is InChI=1S/C8H19N3/c1-6-3-4-7(2,9)8(10,11)5-6/h6H,3-5,9-11H2,1-2H3. The zero-order valence-electron chi connectivity index (χ0n) is 7.43. The number of hydrogen-bond acceptors (Lipinski definition) is 3. The monoisotopic (exact) mass is 157 g/mol. The highest BCUT2D eigenvalue weighted by atomic mass is 15.1. The van der Waals surface area contributed by atoms with Crippen LogP contribution in [0.3, 0.4) is 0 Å². The SMILES string of the molecule is CC1CCC(C)(N)C(N)(N)C1. The van der Waals surface area contributed by atoms with E-state index in [4.69, 9.17) is 17.2 Å². The molecule has 0 saturated heterocycles. The molecule has 1 rings (SSSR count). The quantitative estimate of drug-likeness (QED) is 0.438. The van der Waals surface area contributed by atoms with E-state index in [0.29, 0.717) is 5.92 Å². The molecule has 0 aromatic carbocycles. The molecule has 0 radical (unpaired) electrons. The largest absolute Gasteiger partial charge is 0.323 e. The fourth-order valence-electron chi connectivity index (χ4n) is 1.69. The van der Waals surface area contributed by atoms with Gasteiger partial charge in [-0.2, -0.15) is 0 Å². The Morgan fingerprint density at radius 3 is 2.18 bits per heavy atom. The first-order valence-electron chi connectivity index (χ1n) is 4.22. The molecular formula is C8H19N3. The first kappa shape index (κ1) is 8.97. The average molecular weight is 157 g/mol. The number of nitrogens with two attached hydrogens (primary N) is 3. The van der Waals surface area contributed by atoms with E-state index < -0.39 is 5.66 Å². The third kappa shape index (κ3) is 1.55. The van der Waals surface area contributed by atoms with Crippen molar-refractivity contribution in [2.24, 2.45) is 23.1 Å². The van der Waals surface area contributed by atoms with Gasteiger partial charge in [-0.1, -0.05) is 6.92 Å². The van der Waals surface area contributed by atoms with Crippen LogP contribution in [0.25, 0.3) is 0 Å². The number of hydrogen-bond donors (Lipinski definition) is 3. The van der Waals surface area contributed by atoms with Crippen LogP contribution in [-0.2, 0) is 0 Å². The Labute approximate surface area is 68.3 Å². The van der Waals surface area contributed by atoms with Crippen LogP contribution in [0.4, 0.5) is 0 Å². The van der Waals surface area contributed by atoms with Crippen molar-refractivity contribution in [1.82, 2.24) is 0 Å². The van der Waals surface area contributed by atoms with Crippen LogP contribution in [0.2, 0.25) is 0 Å². The molecule has 0 heterocycles. The second-order valence-electron chi connectivity index (χ2n) is 4.31. The van der Waals surface area contributed by atoms with Gasteiger partial charge in [-0.05, 0) is 32.1 Å². The highest BCUT2D eigenvalue weighted by Crippen LogP contribution is 2.33. The molecule has 1 saturated carbocycles. The van der Waals surface area contributed by atoms with Crippen LogP contribution in [0, 0.1) is 5.92 Å². The predicted molar refractivity (Wildman–Crippen MR) is 46.7 cm³/mol. The van der Waals surface area contributed by atoms with Gasteiger partial charge in [-0.15, -0.1) is 0 Å². The molecule has 0 aromatic rings. The summed E-state index contributed by atoms with van der Waals surface area (Å²) < 4.78 is 0. The molecule has 0 amide bonds. The Hall–Kier alpha value is -0.120. The molecule has 2 atom stereocenters. The lowest BCUT2D eigenvalue weighted by molar-refractivity contribution is 0.133. The predicted octanol–water partition coefficient (Wildman–Crippen LogP) is 0.138. The van der Waals surface area contributed by atoms with E-state index in [-0.39, 0.29) is 5.54 Å². The minimum Gasteiger partial charge on any atom is -0.323 e. The summed E-state index contributed by atoms with van der Waals surface area (Å²) in [7, 11) is 0. The van der Waals surface area contributed by atoms with E-state index in [1.807, 2.05) is 6.92 Å². The Bertz CT molecular complexity index is 151. The summed E-state index contributed by atoms with van der Waals surface area (Å²) in [6, 6.07) is 0. The Morgan fingerprint density at radius 2 is 1.82 bits per heavy atom. The van der Waals surface area contributed by atoms with E-state index in [2.05, 4.69) is 6.92 Å². The van der Waals surface area contributed by atoms with Gasteiger partial charge in [-0.25, -0.2) is 0 Å². The smallest absolute Gasteiger partial charge is 0.0821 e. The molecule has 6 N–H and O–H groups in total. The van der Waals surface area contributed by atoms with E-state index >= 15 is 0 Å². The molecule has 1 aliphatic carbocycles. The molecule has 1 aliphatic rings. The summed E-state index contributed by atoms with van der Waals surface area (Å²) in [5.74, 6) is 0.613. The van der Waals surface area contributed by atoms with Crippen molar-refractivity contribution in [2.75, 3.05) is 0 Å². The molecule has 1 fully saturated rings. The maximum atomic E-state index is 5.97. The lowest BCUT2D eigenvalue weighted by atomic mass is 9.71. The maximum absolute atomic E-state index is 5.97. The van der Waals surface area contributed by atoms with Crippen molar-refractivity contribution in [1.29, 1.82) is 0 Å². The third-order valence-corrected chi connectivity index (χ3v) is 2.91. The zero-order chi connectivity index (χ0) is 8.70. The van der Waals surface area contributed by atoms with Crippen LogP contribution in [0.5, 0.6) is 0 Å². The number of rotatable bonds is 0. The van der Waals surface area contributed by atoms with Gasteiger partial charge in [0.1, 0.15) is 0 Å². The van der Waals surface area contributed by atoms with E-state index in [0.717, 1.165) is 19.3 Å². The summed E-state index contributed by atoms with van der Waals surface area (Å²) in [5.41, 5.74) is 16.7. The minimum absolute atomic E-state index is 0.389. The highest BCUT2D eigenvalue weighted by Gasteiger charge is 2.43. The van der Waals surface area contributed by atoms with E-state index in [1.165, 1.54) is 0 Å². The van der Waals surface area contributed by atoms with Crippen LogP contribution in [-0.4, -0.2) is 11.2 Å². The Balaban J connectivity index is 2.72. The second-order valence-corrected chi connectivity index (χ2v) is 4.31. The van der Waals surface area contributed by atoms with Crippen LogP contribution >= 0.6 is 0 Å². The van der Waals surface area contributed by atoms with Gasteiger partial charge in [0.25, 0.3) is 0 Å². The van der Waals surface area contributed by atoms with Crippen molar-refractivity contribution in [2.45, 2.75) is 44.3 Å². The van der Waals surface area contributed by atoms with Crippen molar-refractivity contribution < 1.29 is 0 Å². The molecule has 66 valence electrons. The summed E-state index contributed by atoms with van der Waals surface area (Å²) in [4.78, 5) is 0. The molecule has 2 unspecified atom stereocenters. The summed E-state index contributed by atoms with van der Waals surface area (Å²) >= 11 is 0. The third-order valence-electron chi connectivity index (χ3n) is 2.91. The second kappa shape index (κ2) is 2.44. The minimum atomic E-state index is -0.676. The Morgan fingerprint density at radius 1 is 1.27 bits per heavy atom. The zero-order valence-corrected chi connectivity index (χ0v) is 7.43. The molecule has 3 heteroatoms. The van der Waals surface area contributed by atoms with Crippen molar-refractivity contribution >= 4 is 0 Å². The van der Waals surface area contributed by atoms with Crippen LogP contribution in [0.1, 0.15) is 33.1 Å². The molecular weight excluding hydrogens is 138 g/mol. The van der Waals surface area contributed by atoms with Crippen LogP contribution < -0.4 is 17.2 Å². The van der Waals surface area contributed by atoms with E-state index in [9.17, 15) is 0 Å². The lowest BCUT2D eigenvalue weighted by Crippen LogP contribution is -2.72. The van der Waals surface area contributed by atoms with Gasteiger partial charge < -0.3 is 17.2 Å². The molecule has 0 bridgehead atoms. The fraction of sp³-hybridized carbons (Fsp3) is 1.00. The van der Waals surface area contributed by atoms with Crippen molar-refractivity contribution in [3.8, 4) is 0 Å². The van der Waals surface area contributed by atoms with E-state index in [1.54, 1.807) is 0 Å². The van der Waals surface area contributed by atoms with Gasteiger partial charge in [0.05, 0.1) is 5.66 Å². The first-order valence-corrected chi connectivity index (χ1v) is 4.22. The Kier molecular flexibility index (Phi) is 1.99.